The van der Waals surface area contributed by atoms with Gasteiger partial charge in [-0.2, -0.15) is 0 Å². The molecule has 10 heteroatoms. The molecule has 8 nitrogen and oxygen atoms in total. The molecule has 284 valence electrons. The average Bonchev–Trinajstić information content (AvgIpc) is 3.93. The normalized spacial score (nSPS) is 18.2. The molecule has 2 aromatic heterocycles. The third-order valence-electron chi connectivity index (χ3n) is 9.42. The van der Waals surface area contributed by atoms with Crippen molar-refractivity contribution in [2.45, 2.75) is 130 Å². The van der Waals surface area contributed by atoms with Gasteiger partial charge in [0.2, 0.25) is 11.8 Å². The molecule has 4 rings (SSSR count). The van der Waals surface area contributed by atoms with E-state index in [1.807, 2.05) is 21.9 Å². The Balaban J connectivity index is 0.000000280. The molecule has 2 N–H and O–H groups in total. The maximum Gasteiger partial charge on any atom is 0.345 e. The molecule has 2 amide bonds. The van der Waals surface area contributed by atoms with E-state index >= 15 is 0 Å². The van der Waals surface area contributed by atoms with Gasteiger partial charge in [0, 0.05) is 35.7 Å². The summed E-state index contributed by atoms with van der Waals surface area (Å²) in [6.07, 6.45) is 26.3. The Kier molecular flexibility index (Phi) is 18.9. The number of hydrogen-bond acceptors (Lipinski definition) is 6. The van der Waals surface area contributed by atoms with Crippen LogP contribution < -0.4 is 0 Å². The summed E-state index contributed by atoms with van der Waals surface area (Å²) in [5, 5.41) is 18.0. The lowest BCUT2D eigenvalue weighted by molar-refractivity contribution is -0.129. The highest BCUT2D eigenvalue weighted by Crippen LogP contribution is 2.24. The number of hydrogen-bond donors (Lipinski definition) is 2. The molecule has 2 aromatic rings. The number of amides is 2. The molecule has 0 radical (unpaired) electrons. The van der Waals surface area contributed by atoms with Crippen molar-refractivity contribution >= 4 is 46.4 Å². The quantitative estimate of drug-likeness (QED) is 0.130. The van der Waals surface area contributed by atoms with Crippen LogP contribution in [0.3, 0.4) is 0 Å². The van der Waals surface area contributed by atoms with Crippen molar-refractivity contribution in [1.29, 1.82) is 0 Å². The van der Waals surface area contributed by atoms with Crippen LogP contribution in [0.25, 0.3) is 0 Å². The zero-order chi connectivity index (χ0) is 37.9. The van der Waals surface area contributed by atoms with E-state index in [1.54, 1.807) is 12.1 Å². The molecule has 0 bridgehead atoms. The highest BCUT2D eigenvalue weighted by Gasteiger charge is 2.29. The summed E-state index contributed by atoms with van der Waals surface area (Å²) >= 11 is 2.65. The summed E-state index contributed by atoms with van der Waals surface area (Å²) in [6.45, 7) is 10.2. The van der Waals surface area contributed by atoms with Gasteiger partial charge in [0.05, 0.1) is 12.1 Å². The standard InChI is InChI=1S/2C21H29NO3S/c2*1-3-4-7-16(2)8-5-9-17-11-14-20(23)22(17)15-6-10-18-12-13-19(26-18)21(24)25/h2*5,8-9,12-13,17H,3-4,6-7,10-11,14-15H2,1-2H3,(H,24,25)/b9-5+,16-8+;9-5-,16-8+/t2*17-/m00/s1. The smallest absolute Gasteiger partial charge is 0.345 e. The van der Waals surface area contributed by atoms with Gasteiger partial charge in [0.25, 0.3) is 0 Å². The van der Waals surface area contributed by atoms with Gasteiger partial charge in [0.1, 0.15) is 9.75 Å². The zero-order valence-electron chi connectivity index (χ0n) is 31.5. The van der Waals surface area contributed by atoms with Crippen LogP contribution in [0.5, 0.6) is 0 Å². The Bertz CT molecular complexity index is 1470. The van der Waals surface area contributed by atoms with Crippen LogP contribution in [-0.4, -0.2) is 68.9 Å². The summed E-state index contributed by atoms with van der Waals surface area (Å²) < 4.78 is 0. The lowest BCUT2D eigenvalue weighted by atomic mass is 10.1. The molecule has 0 unspecified atom stereocenters. The summed E-state index contributed by atoms with van der Waals surface area (Å²) in [5.41, 5.74) is 2.76. The molecule has 52 heavy (non-hydrogen) atoms. The summed E-state index contributed by atoms with van der Waals surface area (Å²) in [5.74, 6) is -1.29. The number of nitrogens with zero attached hydrogens (tertiary/aromatic N) is 2. The fourth-order valence-electron chi connectivity index (χ4n) is 6.37. The number of carbonyl (C=O) groups is 4. The second-order valence-corrected chi connectivity index (χ2v) is 16.1. The molecular formula is C42H58N2O6S2. The number of carboxylic acids is 2. The monoisotopic (exact) mass is 750 g/mol. The van der Waals surface area contributed by atoms with Gasteiger partial charge in [-0.1, -0.05) is 74.3 Å². The number of aryl methyl sites for hydroxylation is 2. The number of likely N-dealkylation sites (tertiary alicyclic amines) is 2. The molecule has 0 aliphatic carbocycles. The summed E-state index contributed by atoms with van der Waals surface area (Å²) in [7, 11) is 0. The first kappa shape index (κ1) is 42.7. The van der Waals surface area contributed by atoms with E-state index < -0.39 is 11.9 Å². The minimum atomic E-state index is -0.872. The molecule has 2 aliphatic heterocycles. The fourth-order valence-corrected chi connectivity index (χ4v) is 8.15. The van der Waals surface area contributed by atoms with Crippen molar-refractivity contribution in [3.05, 3.63) is 91.4 Å². The van der Waals surface area contributed by atoms with Gasteiger partial charge in [0.15, 0.2) is 0 Å². The van der Waals surface area contributed by atoms with E-state index in [0.29, 0.717) is 22.6 Å². The second-order valence-electron chi connectivity index (χ2n) is 13.7. The van der Waals surface area contributed by atoms with E-state index in [-0.39, 0.29) is 23.9 Å². The van der Waals surface area contributed by atoms with Crippen molar-refractivity contribution in [2.24, 2.45) is 0 Å². The minimum Gasteiger partial charge on any atom is -0.477 e. The van der Waals surface area contributed by atoms with E-state index in [1.165, 1.54) is 59.5 Å². The average molecular weight is 751 g/mol. The maximum atomic E-state index is 12.2. The topological polar surface area (TPSA) is 115 Å². The van der Waals surface area contributed by atoms with Gasteiger partial charge in [-0.05, 0) is 102 Å². The number of carbonyl (C=O) groups excluding carboxylic acids is 2. The van der Waals surface area contributed by atoms with Gasteiger partial charge >= 0.3 is 11.9 Å². The van der Waals surface area contributed by atoms with Gasteiger partial charge in [-0.15, -0.1) is 22.7 Å². The Morgan fingerprint density at radius 1 is 0.692 bits per heavy atom. The molecule has 2 atom stereocenters. The van der Waals surface area contributed by atoms with Crippen LogP contribution >= 0.6 is 22.7 Å². The van der Waals surface area contributed by atoms with E-state index in [0.717, 1.165) is 74.2 Å². The number of carboxylic acid groups (broad SMARTS) is 2. The molecule has 0 spiro atoms. The first-order chi connectivity index (χ1) is 25.0. The minimum absolute atomic E-state index is 0.190. The van der Waals surface area contributed by atoms with Gasteiger partial charge in [-0.25, -0.2) is 9.59 Å². The summed E-state index contributed by atoms with van der Waals surface area (Å²) in [4.78, 5) is 53.0. The number of thiophene rings is 2. The van der Waals surface area contributed by atoms with Crippen LogP contribution in [-0.2, 0) is 22.4 Å². The van der Waals surface area contributed by atoms with Crippen LogP contribution in [0.1, 0.15) is 134 Å². The molecule has 2 fully saturated rings. The Labute approximate surface area is 318 Å². The van der Waals surface area contributed by atoms with Crippen molar-refractivity contribution in [3.8, 4) is 0 Å². The van der Waals surface area contributed by atoms with Gasteiger partial charge < -0.3 is 20.0 Å². The molecule has 2 aliphatic rings. The van der Waals surface area contributed by atoms with E-state index in [9.17, 15) is 19.2 Å². The fraction of sp³-hybridized carbons (Fsp3) is 0.524. The Morgan fingerprint density at radius 3 is 1.44 bits per heavy atom. The Morgan fingerprint density at radius 2 is 1.10 bits per heavy atom. The number of rotatable bonds is 20. The first-order valence-electron chi connectivity index (χ1n) is 18.9. The predicted molar refractivity (Wildman–Crippen MR) is 214 cm³/mol. The summed E-state index contributed by atoms with van der Waals surface area (Å²) in [6, 6.07) is 7.44. The lowest BCUT2D eigenvalue weighted by Gasteiger charge is -2.22. The molecule has 2 saturated heterocycles. The lowest BCUT2D eigenvalue weighted by Crippen LogP contribution is -2.32. The zero-order valence-corrected chi connectivity index (χ0v) is 33.1. The third kappa shape index (κ3) is 14.7. The molecule has 0 aromatic carbocycles. The highest BCUT2D eigenvalue weighted by molar-refractivity contribution is 7.14. The number of unbranched alkanes of at least 4 members (excludes halogenated alkanes) is 2. The molecular weight excluding hydrogens is 693 g/mol. The largest absolute Gasteiger partial charge is 0.477 e. The van der Waals surface area contributed by atoms with Crippen molar-refractivity contribution < 1.29 is 29.4 Å². The second kappa shape index (κ2) is 23.0. The highest BCUT2D eigenvalue weighted by atomic mass is 32.1. The van der Waals surface area contributed by atoms with Crippen LogP contribution in [0.4, 0.5) is 0 Å². The molecule has 4 heterocycles. The van der Waals surface area contributed by atoms with E-state index in [2.05, 4.69) is 64.2 Å². The maximum absolute atomic E-state index is 12.2. The van der Waals surface area contributed by atoms with Crippen LogP contribution in [0, 0.1) is 0 Å². The van der Waals surface area contributed by atoms with E-state index in [4.69, 9.17) is 10.2 Å². The molecule has 0 saturated carbocycles. The predicted octanol–water partition coefficient (Wildman–Crippen LogP) is 10.1. The van der Waals surface area contributed by atoms with Crippen molar-refractivity contribution in [1.82, 2.24) is 9.80 Å². The number of allylic oxidation sites excluding steroid dienone is 6. The SMILES string of the molecule is CCCC/C(C)=C/C=C/[C@H]1CCC(=O)N1CCCc1ccc(C(=O)O)s1.CCCC/C(C)=C/C=C\[C@H]1CCC(=O)N1CCCc1ccc(C(=O)O)s1. The van der Waals surface area contributed by atoms with Crippen molar-refractivity contribution in [3.63, 3.8) is 0 Å². The van der Waals surface area contributed by atoms with Gasteiger partial charge in [-0.3, -0.25) is 9.59 Å². The van der Waals surface area contributed by atoms with Crippen LogP contribution in [0.2, 0.25) is 0 Å². The van der Waals surface area contributed by atoms with Crippen molar-refractivity contribution in [2.75, 3.05) is 13.1 Å². The third-order valence-corrected chi connectivity index (χ3v) is 11.7. The Hall–Kier alpha value is -3.76. The first-order valence-corrected chi connectivity index (χ1v) is 20.6. The van der Waals surface area contributed by atoms with Crippen LogP contribution in [0.15, 0.2) is 71.9 Å². The number of aromatic carboxylic acids is 2.